The van der Waals surface area contributed by atoms with Crippen LogP contribution in [0.2, 0.25) is 0 Å². The van der Waals surface area contributed by atoms with Crippen molar-refractivity contribution in [2.45, 2.75) is 6.54 Å². The number of hydrogen-bond donors (Lipinski definition) is 2. The molecule has 0 aliphatic rings. The van der Waals surface area contributed by atoms with Crippen LogP contribution in [0.4, 0.5) is 10.1 Å². The molecule has 0 aliphatic heterocycles. The van der Waals surface area contributed by atoms with E-state index >= 15 is 0 Å². The average Bonchev–Trinajstić information content (AvgIpc) is 3.44. The van der Waals surface area contributed by atoms with E-state index in [-0.39, 0.29) is 24.0 Å². The van der Waals surface area contributed by atoms with Gasteiger partial charge in [0.25, 0.3) is 11.8 Å². The molecule has 7 nitrogen and oxygen atoms in total. The second kappa shape index (κ2) is 8.44. The molecule has 0 aliphatic carbocycles. The van der Waals surface area contributed by atoms with E-state index in [0.29, 0.717) is 16.9 Å². The topological polar surface area (TPSA) is 97.4 Å². The normalized spacial score (nSPS) is 10.6. The van der Waals surface area contributed by atoms with Gasteiger partial charge >= 0.3 is 0 Å². The predicted molar refractivity (Wildman–Crippen MR) is 106 cm³/mol. The van der Waals surface area contributed by atoms with Crippen molar-refractivity contribution in [2.75, 3.05) is 5.32 Å². The minimum absolute atomic E-state index is 0.0107. The summed E-state index contributed by atoms with van der Waals surface area (Å²) in [5.41, 5.74) is 2.21. The van der Waals surface area contributed by atoms with Crippen LogP contribution in [0.1, 0.15) is 26.7 Å². The van der Waals surface area contributed by atoms with Crippen molar-refractivity contribution < 1.29 is 22.9 Å². The first-order valence-corrected chi connectivity index (χ1v) is 9.03. The molecule has 0 spiro atoms. The minimum atomic E-state index is -0.463. The Morgan fingerprint density at radius 1 is 0.933 bits per heavy atom. The third kappa shape index (κ3) is 4.44. The van der Waals surface area contributed by atoms with E-state index in [4.69, 9.17) is 8.94 Å². The number of anilines is 1. The van der Waals surface area contributed by atoms with Crippen LogP contribution in [0, 0.1) is 5.82 Å². The summed E-state index contributed by atoms with van der Waals surface area (Å²) in [4.78, 5) is 24.4. The Morgan fingerprint density at radius 2 is 1.80 bits per heavy atom. The SMILES string of the molecule is O=C(Nc1cccc(CNC(=O)c2cc(-c3cccc(F)c3)no2)c1)c1ccco1. The first kappa shape index (κ1) is 19.1. The van der Waals surface area contributed by atoms with Gasteiger partial charge in [-0.15, -0.1) is 0 Å². The average molecular weight is 405 g/mol. The Balaban J connectivity index is 1.38. The van der Waals surface area contributed by atoms with E-state index in [0.717, 1.165) is 5.56 Å². The molecule has 30 heavy (non-hydrogen) atoms. The van der Waals surface area contributed by atoms with Crippen LogP contribution in [-0.2, 0) is 6.54 Å². The van der Waals surface area contributed by atoms with Crippen molar-refractivity contribution in [3.05, 3.63) is 95.9 Å². The van der Waals surface area contributed by atoms with E-state index in [1.807, 2.05) is 0 Å². The second-order valence-corrected chi connectivity index (χ2v) is 6.40. The first-order valence-electron chi connectivity index (χ1n) is 9.03. The van der Waals surface area contributed by atoms with Gasteiger partial charge in [0.2, 0.25) is 5.76 Å². The molecule has 0 bridgehead atoms. The molecule has 2 heterocycles. The molecule has 150 valence electrons. The molecule has 0 saturated carbocycles. The van der Waals surface area contributed by atoms with E-state index in [1.54, 1.807) is 48.5 Å². The molecule has 0 fully saturated rings. The zero-order chi connectivity index (χ0) is 20.9. The summed E-state index contributed by atoms with van der Waals surface area (Å²) in [5.74, 6) is -1.02. The smallest absolute Gasteiger partial charge is 0.291 e. The minimum Gasteiger partial charge on any atom is -0.459 e. The molecule has 0 atom stereocenters. The number of rotatable bonds is 6. The fraction of sp³-hybridized carbons (Fsp3) is 0.0455. The molecule has 2 aromatic carbocycles. The molecular formula is C22H16FN3O4. The number of halogens is 1. The zero-order valence-corrected chi connectivity index (χ0v) is 15.6. The number of nitrogens with zero attached hydrogens (tertiary/aromatic N) is 1. The lowest BCUT2D eigenvalue weighted by Gasteiger charge is -2.07. The van der Waals surface area contributed by atoms with Crippen molar-refractivity contribution in [3.63, 3.8) is 0 Å². The van der Waals surface area contributed by atoms with Gasteiger partial charge in [-0.05, 0) is 42.0 Å². The lowest BCUT2D eigenvalue weighted by Crippen LogP contribution is -2.22. The molecule has 0 unspecified atom stereocenters. The highest BCUT2D eigenvalue weighted by Crippen LogP contribution is 2.20. The van der Waals surface area contributed by atoms with E-state index in [2.05, 4.69) is 15.8 Å². The van der Waals surface area contributed by atoms with Gasteiger partial charge in [-0.2, -0.15) is 0 Å². The highest BCUT2D eigenvalue weighted by molar-refractivity contribution is 6.02. The zero-order valence-electron chi connectivity index (χ0n) is 15.6. The van der Waals surface area contributed by atoms with Gasteiger partial charge in [0, 0.05) is 23.9 Å². The third-order valence-electron chi connectivity index (χ3n) is 4.24. The summed E-state index contributed by atoms with van der Waals surface area (Å²) >= 11 is 0. The van der Waals surface area contributed by atoms with Crippen LogP contribution < -0.4 is 10.6 Å². The summed E-state index contributed by atoms with van der Waals surface area (Å²) < 4.78 is 23.5. The van der Waals surface area contributed by atoms with Gasteiger partial charge < -0.3 is 19.6 Å². The Bertz CT molecular complexity index is 1180. The summed E-state index contributed by atoms with van der Waals surface area (Å²) in [7, 11) is 0. The van der Waals surface area contributed by atoms with Crippen LogP contribution in [-0.4, -0.2) is 17.0 Å². The van der Waals surface area contributed by atoms with E-state index in [1.165, 1.54) is 24.5 Å². The lowest BCUT2D eigenvalue weighted by molar-refractivity contribution is 0.0913. The number of hydrogen-bond acceptors (Lipinski definition) is 5. The van der Waals surface area contributed by atoms with Gasteiger partial charge in [-0.25, -0.2) is 4.39 Å². The quantitative estimate of drug-likeness (QED) is 0.500. The number of carbonyl (C=O) groups is 2. The summed E-state index contributed by atoms with van der Waals surface area (Å²) in [6.07, 6.45) is 1.42. The van der Waals surface area contributed by atoms with Gasteiger partial charge in [0.05, 0.1) is 6.26 Å². The van der Waals surface area contributed by atoms with Crippen LogP contribution in [0.15, 0.2) is 81.9 Å². The molecule has 4 aromatic rings. The number of furan rings is 1. The molecule has 4 rings (SSSR count). The third-order valence-corrected chi connectivity index (χ3v) is 4.24. The predicted octanol–water partition coefficient (Wildman–Crippen LogP) is 4.26. The highest BCUT2D eigenvalue weighted by atomic mass is 19.1. The van der Waals surface area contributed by atoms with Crippen LogP contribution in [0.5, 0.6) is 0 Å². The fourth-order valence-corrected chi connectivity index (χ4v) is 2.80. The maximum Gasteiger partial charge on any atom is 0.291 e. The van der Waals surface area contributed by atoms with Gasteiger partial charge in [0.15, 0.2) is 5.76 Å². The van der Waals surface area contributed by atoms with E-state index < -0.39 is 11.7 Å². The van der Waals surface area contributed by atoms with Crippen molar-refractivity contribution in [1.82, 2.24) is 10.5 Å². The monoisotopic (exact) mass is 405 g/mol. The Hall–Kier alpha value is -4.20. The lowest BCUT2D eigenvalue weighted by atomic mass is 10.1. The number of aromatic nitrogens is 1. The van der Waals surface area contributed by atoms with Crippen molar-refractivity contribution in [2.24, 2.45) is 0 Å². The summed E-state index contributed by atoms with van der Waals surface area (Å²) in [5, 5.41) is 9.26. The van der Waals surface area contributed by atoms with Crippen molar-refractivity contribution in [1.29, 1.82) is 0 Å². The first-order chi connectivity index (χ1) is 14.6. The molecule has 8 heteroatoms. The maximum absolute atomic E-state index is 13.3. The fourth-order valence-electron chi connectivity index (χ4n) is 2.80. The number of nitrogens with one attached hydrogen (secondary N) is 2. The molecule has 2 aromatic heterocycles. The van der Waals surface area contributed by atoms with Crippen LogP contribution in [0.3, 0.4) is 0 Å². The van der Waals surface area contributed by atoms with Crippen LogP contribution >= 0.6 is 0 Å². The molecule has 2 amide bonds. The standard InChI is InChI=1S/C22H16FN3O4/c23-16-6-2-5-15(11-16)18-12-20(30-26-18)21(27)24-13-14-4-1-7-17(10-14)25-22(28)19-8-3-9-29-19/h1-12H,13H2,(H,24,27)(H,25,28). The van der Waals surface area contributed by atoms with Crippen LogP contribution in [0.25, 0.3) is 11.3 Å². The maximum atomic E-state index is 13.3. The molecule has 2 N–H and O–H groups in total. The van der Waals surface area contributed by atoms with Gasteiger partial charge in [-0.1, -0.05) is 29.4 Å². The van der Waals surface area contributed by atoms with Crippen molar-refractivity contribution >= 4 is 17.5 Å². The molecular weight excluding hydrogens is 389 g/mol. The van der Waals surface area contributed by atoms with Gasteiger partial charge in [0.1, 0.15) is 11.5 Å². The Labute approximate surface area is 170 Å². The van der Waals surface area contributed by atoms with E-state index in [9.17, 15) is 14.0 Å². The highest BCUT2D eigenvalue weighted by Gasteiger charge is 2.14. The number of amides is 2. The Morgan fingerprint density at radius 3 is 2.60 bits per heavy atom. The summed E-state index contributed by atoms with van der Waals surface area (Å²) in [6, 6.07) is 17.5. The Kier molecular flexibility index (Phi) is 5.38. The largest absolute Gasteiger partial charge is 0.459 e. The number of benzene rings is 2. The number of carbonyl (C=O) groups excluding carboxylic acids is 2. The van der Waals surface area contributed by atoms with Gasteiger partial charge in [-0.3, -0.25) is 9.59 Å². The molecule has 0 saturated heterocycles. The second-order valence-electron chi connectivity index (χ2n) is 6.40. The summed E-state index contributed by atoms with van der Waals surface area (Å²) in [6.45, 7) is 0.208. The molecule has 0 radical (unpaired) electrons. The van der Waals surface area contributed by atoms with Crippen molar-refractivity contribution in [3.8, 4) is 11.3 Å².